The molecule has 1 saturated carbocycles. The molecule has 2 atom stereocenters. The van der Waals surface area contributed by atoms with Crippen molar-refractivity contribution in [3.8, 4) is 6.07 Å². The van der Waals surface area contributed by atoms with Crippen LogP contribution in [0.25, 0.3) is 0 Å². The van der Waals surface area contributed by atoms with Crippen molar-refractivity contribution < 1.29 is 0 Å². The van der Waals surface area contributed by atoms with Crippen LogP contribution in [-0.2, 0) is 0 Å². The van der Waals surface area contributed by atoms with Crippen LogP contribution in [0.1, 0.15) is 32.6 Å². The van der Waals surface area contributed by atoms with Crippen LogP contribution in [0, 0.1) is 11.3 Å². The standard InChI is InChI=1S/C15H18Cl2N2S/c1-2-7-19-15(10-18)6-5-12(9-15)20-11-3-4-13(16)14(17)8-11/h3-4,8,12,19H,2,5-7,9H2,1H3. The summed E-state index contributed by atoms with van der Waals surface area (Å²) in [5, 5.41) is 14.5. The van der Waals surface area contributed by atoms with Gasteiger partial charge >= 0.3 is 0 Å². The Balaban J connectivity index is 1.98. The second-order valence-electron chi connectivity index (χ2n) is 5.18. The molecule has 1 fully saturated rings. The summed E-state index contributed by atoms with van der Waals surface area (Å²) < 4.78 is 0. The molecule has 1 aromatic carbocycles. The zero-order chi connectivity index (χ0) is 14.6. The van der Waals surface area contributed by atoms with Crippen LogP contribution < -0.4 is 5.32 Å². The Morgan fingerprint density at radius 3 is 2.90 bits per heavy atom. The first-order valence-electron chi connectivity index (χ1n) is 6.86. The maximum absolute atomic E-state index is 9.45. The highest BCUT2D eigenvalue weighted by molar-refractivity contribution is 8.00. The normalized spacial score (nSPS) is 25.6. The van der Waals surface area contributed by atoms with Crippen LogP contribution >= 0.6 is 35.0 Å². The van der Waals surface area contributed by atoms with Crippen molar-refractivity contribution in [1.82, 2.24) is 5.32 Å². The van der Waals surface area contributed by atoms with Crippen molar-refractivity contribution in [1.29, 1.82) is 5.26 Å². The monoisotopic (exact) mass is 328 g/mol. The third-order valence-electron chi connectivity index (χ3n) is 3.59. The second-order valence-corrected chi connectivity index (χ2v) is 7.37. The Hall–Kier alpha value is -0.400. The van der Waals surface area contributed by atoms with E-state index in [0.29, 0.717) is 15.3 Å². The maximum atomic E-state index is 9.45. The lowest BCUT2D eigenvalue weighted by Gasteiger charge is -2.22. The van der Waals surface area contributed by atoms with E-state index in [0.717, 1.165) is 37.1 Å². The van der Waals surface area contributed by atoms with Gasteiger partial charge in [-0.05, 0) is 50.4 Å². The molecule has 0 spiro atoms. The summed E-state index contributed by atoms with van der Waals surface area (Å²) in [4.78, 5) is 1.12. The Morgan fingerprint density at radius 2 is 2.25 bits per heavy atom. The molecule has 20 heavy (non-hydrogen) atoms. The number of hydrogen-bond donors (Lipinski definition) is 1. The molecule has 2 nitrogen and oxygen atoms in total. The minimum absolute atomic E-state index is 0.343. The van der Waals surface area contributed by atoms with E-state index in [2.05, 4.69) is 18.3 Å². The molecule has 1 aromatic rings. The first-order chi connectivity index (χ1) is 9.58. The van der Waals surface area contributed by atoms with Crippen LogP contribution in [0.5, 0.6) is 0 Å². The van der Waals surface area contributed by atoms with Gasteiger partial charge in [0.1, 0.15) is 5.54 Å². The Kier molecular flexibility index (Phi) is 5.63. The van der Waals surface area contributed by atoms with Crippen molar-refractivity contribution in [3.05, 3.63) is 28.2 Å². The lowest BCUT2D eigenvalue weighted by atomic mass is 10.00. The van der Waals surface area contributed by atoms with E-state index in [4.69, 9.17) is 23.2 Å². The smallest absolute Gasteiger partial charge is 0.107 e. The molecule has 0 aromatic heterocycles. The van der Waals surface area contributed by atoms with E-state index >= 15 is 0 Å². The first-order valence-corrected chi connectivity index (χ1v) is 8.50. The number of hydrogen-bond acceptors (Lipinski definition) is 3. The predicted octanol–water partition coefficient (Wildman–Crippen LogP) is 4.90. The van der Waals surface area contributed by atoms with Gasteiger partial charge in [-0.2, -0.15) is 5.26 Å². The molecule has 108 valence electrons. The second kappa shape index (κ2) is 7.04. The lowest BCUT2D eigenvalue weighted by molar-refractivity contribution is 0.424. The topological polar surface area (TPSA) is 35.8 Å². The molecular weight excluding hydrogens is 311 g/mol. The van der Waals surface area contributed by atoms with E-state index < -0.39 is 0 Å². The van der Waals surface area contributed by atoms with Gasteiger partial charge in [-0.15, -0.1) is 11.8 Å². The summed E-state index contributed by atoms with van der Waals surface area (Å²) in [7, 11) is 0. The molecule has 0 heterocycles. The van der Waals surface area contributed by atoms with Crippen molar-refractivity contribution in [2.75, 3.05) is 6.54 Å². The van der Waals surface area contributed by atoms with Gasteiger partial charge in [0.05, 0.1) is 16.1 Å². The number of nitriles is 1. The summed E-state index contributed by atoms with van der Waals surface area (Å²) >= 11 is 13.8. The third kappa shape index (κ3) is 3.83. The van der Waals surface area contributed by atoms with Crippen molar-refractivity contribution >= 4 is 35.0 Å². The number of nitrogens with zero attached hydrogens (tertiary/aromatic N) is 1. The predicted molar refractivity (Wildman–Crippen MR) is 86.6 cm³/mol. The molecule has 5 heteroatoms. The van der Waals surface area contributed by atoms with E-state index in [1.165, 1.54) is 0 Å². The third-order valence-corrected chi connectivity index (χ3v) is 5.59. The highest BCUT2D eigenvalue weighted by Crippen LogP contribution is 2.41. The Morgan fingerprint density at radius 1 is 1.45 bits per heavy atom. The van der Waals surface area contributed by atoms with Gasteiger partial charge in [0.2, 0.25) is 0 Å². The maximum Gasteiger partial charge on any atom is 0.107 e. The number of nitrogens with one attached hydrogen (secondary N) is 1. The number of rotatable bonds is 5. The van der Waals surface area contributed by atoms with Crippen LogP contribution in [-0.4, -0.2) is 17.3 Å². The average Bonchev–Trinajstić information content (AvgIpc) is 2.85. The zero-order valence-electron chi connectivity index (χ0n) is 11.5. The van der Waals surface area contributed by atoms with E-state index in [9.17, 15) is 5.26 Å². The fourth-order valence-corrected chi connectivity index (χ4v) is 4.19. The van der Waals surface area contributed by atoms with Gasteiger partial charge in [-0.3, -0.25) is 5.32 Å². The molecule has 0 radical (unpaired) electrons. The number of halogens is 2. The summed E-state index contributed by atoms with van der Waals surface area (Å²) in [6.45, 7) is 3.02. The highest BCUT2D eigenvalue weighted by atomic mass is 35.5. The van der Waals surface area contributed by atoms with Crippen LogP contribution in [0.3, 0.4) is 0 Å². The molecule has 1 N–H and O–H groups in total. The Labute approximate surface area is 134 Å². The van der Waals surface area contributed by atoms with E-state index in [1.54, 1.807) is 11.8 Å². The first kappa shape index (κ1) is 16.0. The van der Waals surface area contributed by atoms with Crippen molar-refractivity contribution in [2.24, 2.45) is 0 Å². The van der Waals surface area contributed by atoms with Gasteiger partial charge in [-0.25, -0.2) is 0 Å². The number of thioether (sulfide) groups is 1. The molecule has 1 aliphatic rings. The van der Waals surface area contributed by atoms with Crippen LogP contribution in [0.4, 0.5) is 0 Å². The summed E-state index contributed by atoms with van der Waals surface area (Å²) in [5.74, 6) is 0. The van der Waals surface area contributed by atoms with Gasteiger partial charge in [-0.1, -0.05) is 30.1 Å². The Bertz CT molecular complexity index is 515. The highest BCUT2D eigenvalue weighted by Gasteiger charge is 2.39. The lowest BCUT2D eigenvalue weighted by Crippen LogP contribution is -2.42. The molecule has 0 saturated heterocycles. The summed E-state index contributed by atoms with van der Waals surface area (Å²) in [6, 6.07) is 8.20. The van der Waals surface area contributed by atoms with E-state index in [-0.39, 0.29) is 5.54 Å². The summed E-state index contributed by atoms with van der Waals surface area (Å²) in [5.41, 5.74) is -0.343. The van der Waals surface area contributed by atoms with Crippen LogP contribution in [0.2, 0.25) is 10.0 Å². The SMILES string of the molecule is CCCNC1(C#N)CCC(Sc2ccc(Cl)c(Cl)c2)C1. The molecule has 2 rings (SSSR count). The van der Waals surface area contributed by atoms with Crippen molar-refractivity contribution in [3.63, 3.8) is 0 Å². The molecule has 0 aliphatic heterocycles. The number of benzene rings is 1. The van der Waals surface area contributed by atoms with Gasteiger partial charge < -0.3 is 0 Å². The quantitative estimate of drug-likeness (QED) is 0.834. The molecule has 2 unspecified atom stereocenters. The van der Waals surface area contributed by atoms with Crippen LogP contribution in [0.15, 0.2) is 23.1 Å². The fourth-order valence-electron chi connectivity index (χ4n) is 2.51. The van der Waals surface area contributed by atoms with Gasteiger partial charge in [0, 0.05) is 10.1 Å². The molecule has 1 aliphatic carbocycles. The molecule has 0 amide bonds. The van der Waals surface area contributed by atoms with Gasteiger partial charge in [0.15, 0.2) is 0 Å². The minimum Gasteiger partial charge on any atom is -0.299 e. The average molecular weight is 329 g/mol. The molecule has 0 bridgehead atoms. The largest absolute Gasteiger partial charge is 0.299 e. The van der Waals surface area contributed by atoms with E-state index in [1.807, 2.05) is 18.2 Å². The van der Waals surface area contributed by atoms with Crippen molar-refractivity contribution in [2.45, 2.75) is 48.3 Å². The molecular formula is C15H18Cl2N2S. The van der Waals surface area contributed by atoms with Gasteiger partial charge in [0.25, 0.3) is 0 Å². The minimum atomic E-state index is -0.343. The summed E-state index contributed by atoms with van der Waals surface area (Å²) in [6.07, 6.45) is 3.90. The fraction of sp³-hybridized carbons (Fsp3) is 0.533. The zero-order valence-corrected chi connectivity index (χ0v) is 13.8.